The van der Waals surface area contributed by atoms with E-state index < -0.39 is 0 Å². The molecule has 0 heterocycles. The normalized spacial score (nSPS) is 9.71. The number of amides is 1. The number of alkyl halides is 1. The number of nitrogens with zero attached hydrogens (tertiary/aromatic N) is 2. The number of halogens is 1. The SMILES string of the molecule is CCN(CCCCl)C(=O)c1ccc(C#N)cc1. The number of carbonyl (C=O) groups excluding carboxylic acids is 1. The molecule has 17 heavy (non-hydrogen) atoms. The summed E-state index contributed by atoms with van der Waals surface area (Å²) in [6, 6.07) is 8.71. The molecule has 0 N–H and O–H groups in total. The van der Waals surface area contributed by atoms with Crippen LogP contribution in [-0.2, 0) is 0 Å². The maximum Gasteiger partial charge on any atom is 0.253 e. The topological polar surface area (TPSA) is 44.1 Å². The Bertz CT molecular complexity index is 408. The molecule has 0 aliphatic rings. The van der Waals surface area contributed by atoms with Crippen molar-refractivity contribution in [2.45, 2.75) is 13.3 Å². The van der Waals surface area contributed by atoms with Crippen molar-refractivity contribution in [2.24, 2.45) is 0 Å². The average Bonchev–Trinajstić information content (AvgIpc) is 2.39. The van der Waals surface area contributed by atoms with Crippen LogP contribution in [0, 0.1) is 11.3 Å². The zero-order valence-electron chi connectivity index (χ0n) is 9.82. The number of hydrogen-bond donors (Lipinski definition) is 0. The van der Waals surface area contributed by atoms with Gasteiger partial charge in [0.25, 0.3) is 5.91 Å². The molecule has 4 heteroatoms. The maximum atomic E-state index is 12.1. The van der Waals surface area contributed by atoms with Crippen LogP contribution in [0.4, 0.5) is 0 Å². The smallest absolute Gasteiger partial charge is 0.253 e. The van der Waals surface area contributed by atoms with Gasteiger partial charge in [-0.3, -0.25) is 4.79 Å². The van der Waals surface area contributed by atoms with Crippen LogP contribution in [0.1, 0.15) is 29.3 Å². The van der Waals surface area contributed by atoms with Crippen molar-refractivity contribution >= 4 is 17.5 Å². The van der Waals surface area contributed by atoms with Crippen molar-refractivity contribution in [1.29, 1.82) is 5.26 Å². The number of nitriles is 1. The van der Waals surface area contributed by atoms with Gasteiger partial charge in [-0.1, -0.05) is 0 Å². The molecule has 0 atom stereocenters. The van der Waals surface area contributed by atoms with Gasteiger partial charge in [-0.05, 0) is 37.6 Å². The van der Waals surface area contributed by atoms with Crippen LogP contribution in [0.15, 0.2) is 24.3 Å². The first-order valence-electron chi connectivity index (χ1n) is 5.58. The van der Waals surface area contributed by atoms with E-state index >= 15 is 0 Å². The molecule has 0 unspecified atom stereocenters. The molecule has 0 aliphatic carbocycles. The highest BCUT2D eigenvalue weighted by Gasteiger charge is 2.13. The van der Waals surface area contributed by atoms with Crippen molar-refractivity contribution in [1.82, 2.24) is 4.90 Å². The lowest BCUT2D eigenvalue weighted by atomic mass is 10.1. The monoisotopic (exact) mass is 250 g/mol. The van der Waals surface area contributed by atoms with Crippen molar-refractivity contribution in [3.63, 3.8) is 0 Å². The summed E-state index contributed by atoms with van der Waals surface area (Å²) in [4.78, 5) is 13.8. The van der Waals surface area contributed by atoms with Crippen LogP contribution in [0.25, 0.3) is 0 Å². The Morgan fingerprint density at radius 2 is 2.06 bits per heavy atom. The van der Waals surface area contributed by atoms with Gasteiger partial charge in [-0.15, -0.1) is 11.6 Å². The molecule has 0 bridgehead atoms. The molecule has 0 saturated carbocycles. The third-order valence-electron chi connectivity index (χ3n) is 2.49. The minimum Gasteiger partial charge on any atom is -0.339 e. The summed E-state index contributed by atoms with van der Waals surface area (Å²) in [6.45, 7) is 3.27. The average molecular weight is 251 g/mol. The van der Waals surface area contributed by atoms with Crippen molar-refractivity contribution in [2.75, 3.05) is 19.0 Å². The second kappa shape index (κ2) is 6.93. The zero-order valence-corrected chi connectivity index (χ0v) is 10.6. The second-order valence-electron chi connectivity index (χ2n) is 3.62. The van der Waals surface area contributed by atoms with Gasteiger partial charge in [0, 0.05) is 24.5 Å². The quantitative estimate of drug-likeness (QED) is 0.754. The van der Waals surface area contributed by atoms with E-state index in [4.69, 9.17) is 16.9 Å². The first-order chi connectivity index (χ1) is 8.22. The Labute approximate surface area is 107 Å². The van der Waals surface area contributed by atoms with Crippen molar-refractivity contribution < 1.29 is 4.79 Å². The fourth-order valence-corrected chi connectivity index (χ4v) is 1.64. The van der Waals surface area contributed by atoms with Gasteiger partial charge in [0.15, 0.2) is 0 Å². The van der Waals surface area contributed by atoms with Crippen LogP contribution in [0.2, 0.25) is 0 Å². The minimum absolute atomic E-state index is 0.0119. The van der Waals surface area contributed by atoms with Gasteiger partial charge in [0.2, 0.25) is 0 Å². The van der Waals surface area contributed by atoms with Crippen LogP contribution < -0.4 is 0 Å². The number of hydrogen-bond acceptors (Lipinski definition) is 2. The predicted octanol–water partition coefficient (Wildman–Crippen LogP) is 2.65. The van der Waals surface area contributed by atoms with Crippen LogP contribution in [0.5, 0.6) is 0 Å². The highest BCUT2D eigenvalue weighted by Crippen LogP contribution is 2.08. The molecule has 0 saturated heterocycles. The molecule has 0 aromatic heterocycles. The summed E-state index contributed by atoms with van der Waals surface area (Å²) in [6.07, 6.45) is 0.789. The van der Waals surface area contributed by atoms with Gasteiger partial charge in [-0.25, -0.2) is 0 Å². The largest absolute Gasteiger partial charge is 0.339 e. The van der Waals surface area contributed by atoms with Gasteiger partial charge in [0.1, 0.15) is 0 Å². The molecular formula is C13H15ClN2O. The van der Waals surface area contributed by atoms with E-state index in [1.807, 2.05) is 13.0 Å². The third-order valence-corrected chi connectivity index (χ3v) is 2.76. The Morgan fingerprint density at radius 3 is 2.53 bits per heavy atom. The minimum atomic E-state index is -0.0119. The summed E-state index contributed by atoms with van der Waals surface area (Å²) >= 11 is 5.62. The fraction of sp³-hybridized carbons (Fsp3) is 0.385. The Kier molecular flexibility index (Phi) is 5.51. The molecule has 1 aromatic rings. The Balaban J connectivity index is 2.76. The fourth-order valence-electron chi connectivity index (χ4n) is 1.52. The van der Waals surface area contributed by atoms with Gasteiger partial charge in [0.05, 0.1) is 11.6 Å². The highest BCUT2D eigenvalue weighted by molar-refractivity contribution is 6.17. The summed E-state index contributed by atoms with van der Waals surface area (Å²) in [5.41, 5.74) is 1.17. The second-order valence-corrected chi connectivity index (χ2v) is 3.99. The standard InChI is InChI=1S/C13H15ClN2O/c1-2-16(9-3-8-14)13(17)12-6-4-11(10-15)5-7-12/h4-7H,2-3,8-9H2,1H3. The molecule has 90 valence electrons. The summed E-state index contributed by atoms with van der Waals surface area (Å²) < 4.78 is 0. The summed E-state index contributed by atoms with van der Waals surface area (Å²) in [5, 5.41) is 8.68. The molecule has 1 aromatic carbocycles. The molecular weight excluding hydrogens is 236 g/mol. The van der Waals surface area contributed by atoms with E-state index in [0.717, 1.165) is 6.42 Å². The highest BCUT2D eigenvalue weighted by atomic mass is 35.5. The number of rotatable bonds is 5. The van der Waals surface area contributed by atoms with Crippen LogP contribution in [0.3, 0.4) is 0 Å². The zero-order chi connectivity index (χ0) is 12.7. The number of carbonyl (C=O) groups is 1. The van der Waals surface area contributed by atoms with E-state index in [2.05, 4.69) is 0 Å². The first kappa shape index (κ1) is 13.5. The molecule has 0 fully saturated rings. The van der Waals surface area contributed by atoms with Crippen LogP contribution in [-0.4, -0.2) is 29.8 Å². The molecule has 1 rings (SSSR count). The van der Waals surface area contributed by atoms with Gasteiger partial charge in [-0.2, -0.15) is 5.26 Å². The molecule has 0 aliphatic heterocycles. The van der Waals surface area contributed by atoms with E-state index in [0.29, 0.717) is 30.1 Å². The van der Waals surface area contributed by atoms with Crippen molar-refractivity contribution in [3.05, 3.63) is 35.4 Å². The van der Waals surface area contributed by atoms with Gasteiger partial charge >= 0.3 is 0 Å². The van der Waals surface area contributed by atoms with Gasteiger partial charge < -0.3 is 4.90 Å². The van der Waals surface area contributed by atoms with E-state index in [-0.39, 0.29) is 5.91 Å². The summed E-state index contributed by atoms with van der Waals surface area (Å²) in [5.74, 6) is 0.541. The molecule has 1 amide bonds. The van der Waals surface area contributed by atoms with E-state index in [1.54, 1.807) is 29.2 Å². The van der Waals surface area contributed by atoms with Crippen LogP contribution >= 0.6 is 11.6 Å². The van der Waals surface area contributed by atoms with Crippen molar-refractivity contribution in [3.8, 4) is 6.07 Å². The van der Waals surface area contributed by atoms with E-state index in [9.17, 15) is 4.79 Å². The lowest BCUT2D eigenvalue weighted by Gasteiger charge is -2.20. The molecule has 0 radical (unpaired) electrons. The Hall–Kier alpha value is -1.53. The summed E-state index contributed by atoms with van der Waals surface area (Å²) in [7, 11) is 0. The molecule has 3 nitrogen and oxygen atoms in total. The number of benzene rings is 1. The lowest BCUT2D eigenvalue weighted by Crippen LogP contribution is -2.31. The Morgan fingerprint density at radius 1 is 1.41 bits per heavy atom. The molecule has 0 spiro atoms. The maximum absolute atomic E-state index is 12.1. The predicted molar refractivity (Wildman–Crippen MR) is 68.1 cm³/mol. The lowest BCUT2D eigenvalue weighted by molar-refractivity contribution is 0.0765. The van der Waals surface area contributed by atoms with E-state index in [1.165, 1.54) is 0 Å². The third kappa shape index (κ3) is 3.76. The first-order valence-corrected chi connectivity index (χ1v) is 6.11.